The third-order valence-electron chi connectivity index (χ3n) is 7.49. The van der Waals surface area contributed by atoms with Crippen LogP contribution in [0.2, 0.25) is 0 Å². The number of benzene rings is 3. The van der Waals surface area contributed by atoms with Gasteiger partial charge in [-0.1, -0.05) is 41.6 Å². The third-order valence-corrected chi connectivity index (χ3v) is 7.49. The minimum atomic E-state index is -0.403. The van der Waals surface area contributed by atoms with Gasteiger partial charge in [0, 0.05) is 43.1 Å². The molecule has 0 saturated carbocycles. The van der Waals surface area contributed by atoms with Crippen molar-refractivity contribution in [1.29, 1.82) is 0 Å². The average molecular weight is 526 g/mol. The van der Waals surface area contributed by atoms with Gasteiger partial charge in [0.05, 0.1) is 17.4 Å². The van der Waals surface area contributed by atoms with Gasteiger partial charge >= 0.3 is 0 Å². The van der Waals surface area contributed by atoms with Gasteiger partial charge in [0.2, 0.25) is 0 Å². The van der Waals surface area contributed by atoms with Crippen molar-refractivity contribution in [3.63, 3.8) is 0 Å². The number of aryl methyl sites for hydroxylation is 2. The first kappa shape index (κ1) is 24.8. The number of piperazine rings is 1. The van der Waals surface area contributed by atoms with E-state index >= 15 is 4.39 Å². The van der Waals surface area contributed by atoms with Crippen LogP contribution in [-0.4, -0.2) is 48.0 Å². The lowest BCUT2D eigenvalue weighted by Gasteiger charge is -2.41. The van der Waals surface area contributed by atoms with Crippen LogP contribution in [0.5, 0.6) is 0 Å². The van der Waals surface area contributed by atoms with Crippen molar-refractivity contribution in [2.45, 2.75) is 19.9 Å². The standard InChI is InChI=1S/C30H28FN5O3/c1-18-27(19(2)39-34-18)30(38)32-20-11-12-26(24(31)17-20)35-13-15-36(16-14-35)28-21-7-3-4-8-22(21)29(37)33-25-10-6-5-9-23(25)28/h3-12,17,28H,13-16H2,1-2H3,(H,32,38)(H,33,37). The van der Waals surface area contributed by atoms with E-state index in [0.29, 0.717) is 60.1 Å². The van der Waals surface area contributed by atoms with E-state index in [1.54, 1.807) is 26.0 Å². The first-order valence-electron chi connectivity index (χ1n) is 12.9. The van der Waals surface area contributed by atoms with Gasteiger partial charge in [-0.3, -0.25) is 14.5 Å². The van der Waals surface area contributed by atoms with Gasteiger partial charge in [0.25, 0.3) is 11.8 Å². The molecule has 0 spiro atoms. The van der Waals surface area contributed by atoms with Gasteiger partial charge in [0.15, 0.2) is 0 Å². The molecule has 1 unspecified atom stereocenters. The average Bonchev–Trinajstić information content (AvgIpc) is 3.21. The van der Waals surface area contributed by atoms with Gasteiger partial charge in [-0.2, -0.15) is 0 Å². The van der Waals surface area contributed by atoms with Crippen molar-refractivity contribution in [1.82, 2.24) is 10.1 Å². The fraction of sp³-hybridized carbons (Fsp3) is 0.233. The van der Waals surface area contributed by atoms with Gasteiger partial charge < -0.3 is 20.1 Å². The predicted molar refractivity (Wildman–Crippen MR) is 147 cm³/mol. The molecular formula is C30H28FN5O3. The van der Waals surface area contributed by atoms with Crippen molar-refractivity contribution >= 4 is 28.9 Å². The van der Waals surface area contributed by atoms with Crippen LogP contribution < -0.4 is 15.5 Å². The molecule has 0 radical (unpaired) electrons. The Hall–Kier alpha value is -4.50. The summed E-state index contributed by atoms with van der Waals surface area (Å²) in [5.41, 5.74) is 5.19. The smallest absolute Gasteiger partial charge is 0.261 e. The summed E-state index contributed by atoms with van der Waals surface area (Å²) in [4.78, 5) is 30.0. The van der Waals surface area contributed by atoms with Crippen molar-refractivity contribution in [2.24, 2.45) is 0 Å². The number of rotatable bonds is 4. The summed E-state index contributed by atoms with van der Waals surface area (Å²) in [7, 11) is 0. The quantitative estimate of drug-likeness (QED) is 0.383. The Balaban J connectivity index is 1.20. The van der Waals surface area contributed by atoms with Crippen LogP contribution in [-0.2, 0) is 0 Å². The molecular weight excluding hydrogens is 497 g/mol. The number of hydrogen-bond donors (Lipinski definition) is 2. The minimum absolute atomic E-state index is 0.0924. The second-order valence-electron chi connectivity index (χ2n) is 9.87. The number of aromatic nitrogens is 1. The first-order chi connectivity index (χ1) is 18.9. The molecule has 3 heterocycles. The second kappa shape index (κ2) is 9.99. The number of para-hydroxylation sites is 1. The maximum atomic E-state index is 15.2. The molecule has 2 N–H and O–H groups in total. The third kappa shape index (κ3) is 4.55. The van der Waals surface area contributed by atoms with Gasteiger partial charge in [-0.05, 0) is 55.3 Å². The molecule has 9 heteroatoms. The van der Waals surface area contributed by atoms with E-state index in [1.807, 2.05) is 47.4 Å². The van der Waals surface area contributed by atoms with Crippen LogP contribution in [0.3, 0.4) is 0 Å². The number of nitrogens with zero attached hydrogens (tertiary/aromatic N) is 3. The minimum Gasteiger partial charge on any atom is -0.367 e. The number of anilines is 3. The molecule has 1 fully saturated rings. The SMILES string of the molecule is Cc1noc(C)c1C(=O)Nc1ccc(N2CCN(C3c4ccccc4NC(=O)c4ccccc43)CC2)c(F)c1. The highest BCUT2D eigenvalue weighted by molar-refractivity contribution is 6.07. The summed E-state index contributed by atoms with van der Waals surface area (Å²) in [5, 5.41) is 9.60. The highest BCUT2D eigenvalue weighted by Gasteiger charge is 2.33. The van der Waals surface area contributed by atoms with E-state index in [0.717, 1.165) is 16.8 Å². The number of fused-ring (bicyclic) bond motifs is 2. The summed E-state index contributed by atoms with van der Waals surface area (Å²) >= 11 is 0. The molecule has 6 rings (SSSR count). The number of carbonyl (C=O) groups excluding carboxylic acids is 2. The Morgan fingerprint density at radius 1 is 1.00 bits per heavy atom. The first-order valence-corrected chi connectivity index (χ1v) is 12.9. The highest BCUT2D eigenvalue weighted by Crippen LogP contribution is 2.39. The molecule has 39 heavy (non-hydrogen) atoms. The van der Waals surface area contributed by atoms with Gasteiger partial charge in [-0.15, -0.1) is 0 Å². The number of carbonyl (C=O) groups is 2. The number of nitrogens with one attached hydrogen (secondary N) is 2. The Morgan fingerprint density at radius 3 is 2.44 bits per heavy atom. The fourth-order valence-electron chi connectivity index (χ4n) is 5.60. The maximum absolute atomic E-state index is 15.2. The molecule has 1 atom stereocenters. The van der Waals surface area contributed by atoms with Crippen LogP contribution in [0, 0.1) is 19.7 Å². The molecule has 2 aliphatic heterocycles. The fourth-order valence-corrected chi connectivity index (χ4v) is 5.60. The lowest BCUT2D eigenvalue weighted by molar-refractivity contribution is 0.101. The Morgan fingerprint density at radius 2 is 1.72 bits per heavy atom. The van der Waals surface area contributed by atoms with Crippen LogP contribution >= 0.6 is 0 Å². The van der Waals surface area contributed by atoms with Crippen molar-refractivity contribution in [2.75, 3.05) is 41.7 Å². The van der Waals surface area contributed by atoms with Crippen LogP contribution in [0.1, 0.15) is 49.3 Å². The van der Waals surface area contributed by atoms with Gasteiger partial charge in [-0.25, -0.2) is 4.39 Å². The van der Waals surface area contributed by atoms with Crippen LogP contribution in [0.25, 0.3) is 0 Å². The maximum Gasteiger partial charge on any atom is 0.261 e. The lowest BCUT2D eigenvalue weighted by Crippen LogP contribution is -2.48. The Labute approximate surface area is 225 Å². The molecule has 8 nitrogen and oxygen atoms in total. The molecule has 1 aromatic heterocycles. The monoisotopic (exact) mass is 525 g/mol. The summed E-state index contributed by atoms with van der Waals surface area (Å²) in [6, 6.07) is 20.3. The van der Waals surface area contributed by atoms with Crippen molar-refractivity contribution < 1.29 is 18.5 Å². The molecule has 0 aliphatic carbocycles. The molecule has 3 aromatic carbocycles. The molecule has 0 bridgehead atoms. The van der Waals surface area contributed by atoms with Crippen molar-refractivity contribution in [3.05, 3.63) is 106 Å². The second-order valence-corrected chi connectivity index (χ2v) is 9.87. The number of amides is 2. The predicted octanol–water partition coefficient (Wildman–Crippen LogP) is 5.16. The normalized spacial score (nSPS) is 17.2. The van der Waals surface area contributed by atoms with Crippen LogP contribution in [0.4, 0.5) is 21.5 Å². The summed E-state index contributed by atoms with van der Waals surface area (Å²) in [5.74, 6) is -0.481. The zero-order valence-electron chi connectivity index (χ0n) is 21.7. The molecule has 2 aliphatic rings. The highest BCUT2D eigenvalue weighted by atomic mass is 19.1. The summed E-state index contributed by atoms with van der Waals surface area (Å²) < 4.78 is 20.3. The molecule has 2 amide bonds. The van der Waals surface area contributed by atoms with Crippen molar-refractivity contribution in [3.8, 4) is 0 Å². The largest absolute Gasteiger partial charge is 0.367 e. The molecule has 4 aromatic rings. The Kier molecular flexibility index (Phi) is 6.36. The summed E-state index contributed by atoms with van der Waals surface area (Å²) in [6.45, 7) is 5.96. The van der Waals surface area contributed by atoms with Crippen LogP contribution in [0.15, 0.2) is 71.3 Å². The number of hydrogen-bond acceptors (Lipinski definition) is 6. The van der Waals surface area contributed by atoms with E-state index in [2.05, 4.69) is 26.8 Å². The van der Waals surface area contributed by atoms with E-state index in [9.17, 15) is 9.59 Å². The van der Waals surface area contributed by atoms with E-state index in [4.69, 9.17) is 4.52 Å². The topological polar surface area (TPSA) is 90.7 Å². The zero-order chi connectivity index (χ0) is 27.1. The van der Waals surface area contributed by atoms with Gasteiger partial charge in [0.1, 0.15) is 17.1 Å². The summed E-state index contributed by atoms with van der Waals surface area (Å²) in [6.07, 6.45) is 0. The zero-order valence-corrected chi connectivity index (χ0v) is 21.7. The molecule has 1 saturated heterocycles. The van der Waals surface area contributed by atoms with E-state index in [1.165, 1.54) is 6.07 Å². The molecule has 198 valence electrons. The van der Waals surface area contributed by atoms with E-state index in [-0.39, 0.29) is 17.9 Å². The number of halogens is 1. The van der Waals surface area contributed by atoms with E-state index < -0.39 is 5.82 Å². The Bertz CT molecular complexity index is 1560. The lowest BCUT2D eigenvalue weighted by atomic mass is 9.93.